The molecular weight excluding hydrogens is 338 g/mol. The molecule has 1 aromatic rings. The number of nitrogens with zero attached hydrogens (tertiary/aromatic N) is 2. The van der Waals surface area contributed by atoms with E-state index >= 15 is 0 Å². The zero-order valence-corrected chi connectivity index (χ0v) is 16.8. The summed E-state index contributed by atoms with van der Waals surface area (Å²) in [5.74, 6) is 2.05. The fourth-order valence-corrected chi connectivity index (χ4v) is 5.34. The average molecular weight is 372 g/mol. The maximum atomic E-state index is 5.70. The summed E-state index contributed by atoms with van der Waals surface area (Å²) in [5.41, 5.74) is 1.83. The minimum absolute atomic E-state index is 0.135. The number of ether oxygens (including phenoxy) is 2. The minimum Gasteiger partial charge on any atom is -0.496 e. The van der Waals surface area contributed by atoms with Gasteiger partial charge in [0, 0.05) is 49.7 Å². The van der Waals surface area contributed by atoms with Crippen molar-refractivity contribution in [2.45, 2.75) is 43.9 Å². The van der Waals surface area contributed by atoms with Crippen molar-refractivity contribution in [2.75, 3.05) is 47.0 Å². The SMILES string of the molecule is CN=C(NCC1(c2ccccc2OC)CCCC1)N1CCC2(CCOC2)C1. The molecule has 1 saturated carbocycles. The highest BCUT2D eigenvalue weighted by atomic mass is 16.5. The molecular formula is C22H33N3O2. The summed E-state index contributed by atoms with van der Waals surface area (Å²) in [6.45, 7) is 4.88. The highest BCUT2D eigenvalue weighted by Crippen LogP contribution is 2.44. The molecule has 1 N–H and O–H groups in total. The molecule has 2 saturated heterocycles. The summed E-state index contributed by atoms with van der Waals surface area (Å²) in [7, 11) is 3.68. The minimum atomic E-state index is 0.135. The van der Waals surface area contributed by atoms with Crippen molar-refractivity contribution < 1.29 is 9.47 Å². The Morgan fingerprint density at radius 3 is 2.74 bits per heavy atom. The van der Waals surface area contributed by atoms with Crippen molar-refractivity contribution in [3.8, 4) is 5.75 Å². The van der Waals surface area contributed by atoms with E-state index in [1.165, 1.54) is 44.1 Å². The Bertz CT molecular complexity index is 676. The maximum Gasteiger partial charge on any atom is 0.193 e. The van der Waals surface area contributed by atoms with E-state index in [0.29, 0.717) is 5.41 Å². The second-order valence-electron chi connectivity index (χ2n) is 8.56. The van der Waals surface area contributed by atoms with Crippen LogP contribution in [0.3, 0.4) is 0 Å². The fourth-order valence-electron chi connectivity index (χ4n) is 5.34. The smallest absolute Gasteiger partial charge is 0.193 e. The third kappa shape index (κ3) is 3.54. The highest BCUT2D eigenvalue weighted by Gasteiger charge is 2.43. The monoisotopic (exact) mass is 371 g/mol. The molecule has 1 aliphatic carbocycles. The Morgan fingerprint density at radius 2 is 2.04 bits per heavy atom. The lowest BCUT2D eigenvalue weighted by Gasteiger charge is -2.33. The van der Waals surface area contributed by atoms with Gasteiger partial charge < -0.3 is 19.7 Å². The maximum absolute atomic E-state index is 5.70. The molecule has 0 amide bonds. The van der Waals surface area contributed by atoms with Crippen molar-refractivity contribution in [3.05, 3.63) is 29.8 Å². The van der Waals surface area contributed by atoms with Gasteiger partial charge in [-0.2, -0.15) is 0 Å². The van der Waals surface area contributed by atoms with Crippen molar-refractivity contribution in [3.63, 3.8) is 0 Å². The van der Waals surface area contributed by atoms with Gasteiger partial charge in [-0.1, -0.05) is 31.0 Å². The second-order valence-corrected chi connectivity index (χ2v) is 8.56. The number of likely N-dealkylation sites (tertiary alicyclic amines) is 1. The number of hydrogen-bond donors (Lipinski definition) is 1. The van der Waals surface area contributed by atoms with Crippen LogP contribution in [0.4, 0.5) is 0 Å². The van der Waals surface area contributed by atoms with Gasteiger partial charge in [0.15, 0.2) is 5.96 Å². The molecule has 1 spiro atoms. The topological polar surface area (TPSA) is 46.1 Å². The largest absolute Gasteiger partial charge is 0.496 e. The first kappa shape index (κ1) is 18.6. The Labute approximate surface area is 163 Å². The molecule has 4 rings (SSSR count). The number of methoxy groups -OCH3 is 1. The van der Waals surface area contributed by atoms with Crippen LogP contribution in [0.2, 0.25) is 0 Å². The lowest BCUT2D eigenvalue weighted by molar-refractivity contribution is 0.156. The number of rotatable bonds is 4. The second kappa shape index (κ2) is 7.70. The Morgan fingerprint density at radius 1 is 1.22 bits per heavy atom. The van der Waals surface area contributed by atoms with Crippen LogP contribution in [0.15, 0.2) is 29.3 Å². The zero-order valence-electron chi connectivity index (χ0n) is 16.8. The number of benzene rings is 1. The van der Waals surface area contributed by atoms with Gasteiger partial charge in [-0.25, -0.2) is 0 Å². The van der Waals surface area contributed by atoms with Crippen LogP contribution in [0.1, 0.15) is 44.1 Å². The van der Waals surface area contributed by atoms with Gasteiger partial charge in [-0.15, -0.1) is 0 Å². The molecule has 148 valence electrons. The molecule has 3 aliphatic rings. The van der Waals surface area contributed by atoms with E-state index in [9.17, 15) is 0 Å². The van der Waals surface area contributed by atoms with E-state index in [1.54, 1.807) is 7.11 Å². The van der Waals surface area contributed by atoms with E-state index in [4.69, 9.17) is 9.47 Å². The molecule has 0 radical (unpaired) electrons. The molecule has 1 unspecified atom stereocenters. The van der Waals surface area contributed by atoms with Crippen molar-refractivity contribution in [1.82, 2.24) is 10.2 Å². The lowest BCUT2D eigenvalue weighted by Crippen LogP contribution is -2.46. The first-order chi connectivity index (χ1) is 13.2. The predicted octanol–water partition coefficient (Wildman–Crippen LogP) is 3.19. The highest BCUT2D eigenvalue weighted by molar-refractivity contribution is 5.80. The van der Waals surface area contributed by atoms with E-state index < -0.39 is 0 Å². The molecule has 0 bridgehead atoms. The van der Waals surface area contributed by atoms with Crippen molar-refractivity contribution in [2.24, 2.45) is 10.4 Å². The average Bonchev–Trinajstić information content (AvgIpc) is 3.46. The van der Waals surface area contributed by atoms with Gasteiger partial charge in [0.2, 0.25) is 0 Å². The molecule has 2 aliphatic heterocycles. The van der Waals surface area contributed by atoms with Crippen LogP contribution >= 0.6 is 0 Å². The zero-order chi connectivity index (χ0) is 18.7. The molecule has 5 nitrogen and oxygen atoms in total. The van der Waals surface area contributed by atoms with Gasteiger partial charge in [0.25, 0.3) is 0 Å². The van der Waals surface area contributed by atoms with Gasteiger partial charge >= 0.3 is 0 Å². The molecule has 1 atom stereocenters. The molecule has 0 aromatic heterocycles. The van der Waals surface area contributed by atoms with Gasteiger partial charge in [0.1, 0.15) is 5.75 Å². The number of nitrogens with one attached hydrogen (secondary N) is 1. The molecule has 2 heterocycles. The van der Waals surface area contributed by atoms with Crippen molar-refractivity contribution in [1.29, 1.82) is 0 Å². The Kier molecular flexibility index (Phi) is 5.31. The van der Waals surface area contributed by atoms with Crippen LogP contribution in [0.25, 0.3) is 0 Å². The van der Waals surface area contributed by atoms with Crippen LogP contribution in [0, 0.1) is 5.41 Å². The third-order valence-corrected chi connectivity index (χ3v) is 6.96. The summed E-state index contributed by atoms with van der Waals surface area (Å²) in [5, 5.41) is 3.73. The first-order valence-corrected chi connectivity index (χ1v) is 10.4. The first-order valence-electron chi connectivity index (χ1n) is 10.4. The lowest BCUT2D eigenvalue weighted by atomic mass is 9.78. The van der Waals surface area contributed by atoms with Gasteiger partial charge in [-0.3, -0.25) is 4.99 Å². The van der Waals surface area contributed by atoms with E-state index in [-0.39, 0.29) is 5.41 Å². The van der Waals surface area contributed by atoms with Crippen LogP contribution in [0.5, 0.6) is 5.75 Å². The number of para-hydroxylation sites is 1. The molecule has 3 fully saturated rings. The number of aliphatic imine (C=N–C) groups is 1. The van der Waals surface area contributed by atoms with E-state index in [0.717, 1.165) is 44.6 Å². The standard InChI is InChI=1S/C22H33N3O2/c1-23-20(25-13-11-21(16-25)12-14-27-17-21)24-15-22(9-5-6-10-22)18-7-3-4-8-19(18)26-2/h3-4,7-8H,5-6,9-17H2,1-2H3,(H,23,24). The number of guanidine groups is 1. The van der Waals surface area contributed by atoms with Gasteiger partial charge in [-0.05, 0) is 31.7 Å². The molecule has 1 aromatic carbocycles. The van der Waals surface area contributed by atoms with Gasteiger partial charge in [0.05, 0.1) is 13.7 Å². The van der Waals surface area contributed by atoms with Crippen LogP contribution in [-0.2, 0) is 10.2 Å². The third-order valence-electron chi connectivity index (χ3n) is 6.96. The molecule has 5 heteroatoms. The van der Waals surface area contributed by atoms with Crippen LogP contribution < -0.4 is 10.1 Å². The van der Waals surface area contributed by atoms with E-state index in [1.807, 2.05) is 7.05 Å². The predicted molar refractivity (Wildman–Crippen MR) is 109 cm³/mol. The summed E-state index contributed by atoms with van der Waals surface area (Å²) in [6, 6.07) is 8.53. The van der Waals surface area contributed by atoms with Crippen molar-refractivity contribution >= 4 is 5.96 Å². The van der Waals surface area contributed by atoms with E-state index in [2.05, 4.69) is 39.5 Å². The van der Waals surface area contributed by atoms with Crippen LogP contribution in [-0.4, -0.2) is 57.9 Å². The Balaban J connectivity index is 1.48. The number of hydrogen-bond acceptors (Lipinski definition) is 3. The summed E-state index contributed by atoms with van der Waals surface area (Å²) in [6.07, 6.45) is 7.37. The normalized spacial score (nSPS) is 27.5. The summed E-state index contributed by atoms with van der Waals surface area (Å²) in [4.78, 5) is 7.04. The molecule has 27 heavy (non-hydrogen) atoms. The summed E-state index contributed by atoms with van der Waals surface area (Å²) >= 11 is 0. The Hall–Kier alpha value is -1.75. The quantitative estimate of drug-likeness (QED) is 0.652. The summed E-state index contributed by atoms with van der Waals surface area (Å²) < 4.78 is 11.4. The fraction of sp³-hybridized carbons (Fsp3) is 0.682.